The van der Waals surface area contributed by atoms with Gasteiger partial charge >= 0.3 is 31.6 Å². The Bertz CT molecular complexity index is 710. The molecule has 2 rings (SSSR count). The minimum atomic E-state index is -4.67. The number of hydrogen-bond acceptors (Lipinski definition) is 2. The van der Waals surface area contributed by atoms with Gasteiger partial charge in [0.15, 0.2) is 0 Å². The molecule has 0 unspecified atom stereocenters. The highest BCUT2D eigenvalue weighted by molar-refractivity contribution is 7.79. The zero-order chi connectivity index (χ0) is 16.9. The molecule has 0 saturated heterocycles. The number of rotatable bonds is 2. The van der Waals surface area contributed by atoms with Crippen LogP contribution >= 0.6 is 46.4 Å². The van der Waals surface area contributed by atoms with Gasteiger partial charge in [-0.15, -0.1) is 0 Å². The van der Waals surface area contributed by atoms with Crippen LogP contribution in [0.3, 0.4) is 0 Å². The molecule has 22 heavy (non-hydrogen) atoms. The second-order valence-corrected chi connectivity index (χ2v) is 9.11. The third kappa shape index (κ3) is 8.16. The Morgan fingerprint density at radius 2 is 1.09 bits per heavy atom. The van der Waals surface area contributed by atoms with E-state index in [0.29, 0.717) is 20.1 Å². The van der Waals surface area contributed by atoms with Crippen molar-refractivity contribution in [3.05, 3.63) is 63.6 Å². The summed E-state index contributed by atoms with van der Waals surface area (Å²) in [7, 11) is -4.67. The molecule has 0 bridgehead atoms. The van der Waals surface area contributed by atoms with Crippen molar-refractivity contribution in [2.45, 2.75) is 0 Å². The monoisotopic (exact) mass is 515 g/mol. The fourth-order valence-corrected chi connectivity index (χ4v) is 4.67. The molecule has 0 radical (unpaired) electrons. The molecule has 0 aliphatic heterocycles. The normalized spacial score (nSPS) is 10.8. The lowest BCUT2D eigenvalue weighted by atomic mass is 10.4. The molecule has 2 aromatic rings. The molecule has 0 aliphatic carbocycles. The van der Waals surface area contributed by atoms with Gasteiger partial charge < -0.3 is 0 Å². The van der Waals surface area contributed by atoms with E-state index >= 15 is 0 Å². The van der Waals surface area contributed by atoms with Crippen molar-refractivity contribution in [2.24, 2.45) is 0 Å². The van der Waals surface area contributed by atoms with Gasteiger partial charge in [0.1, 0.15) is 0 Å². The van der Waals surface area contributed by atoms with Crippen molar-refractivity contribution in [1.29, 1.82) is 0 Å². The smallest absolute Gasteiger partial charge is 0.264 e. The summed E-state index contributed by atoms with van der Waals surface area (Å²) in [6.45, 7) is 0. The van der Waals surface area contributed by atoms with Crippen LogP contribution in [0.2, 0.25) is 20.1 Å². The molecule has 10 heteroatoms. The molecule has 4 nitrogen and oxygen atoms in total. The molecule has 0 saturated carbocycles. The van der Waals surface area contributed by atoms with Crippen molar-refractivity contribution in [3.8, 4) is 0 Å². The second-order valence-electron chi connectivity index (χ2n) is 3.66. The van der Waals surface area contributed by atoms with Gasteiger partial charge in [-0.2, -0.15) is 8.42 Å². The largest absolute Gasteiger partial charge is 0.394 e. The Labute approximate surface area is 158 Å². The van der Waals surface area contributed by atoms with E-state index in [1.807, 2.05) is 24.3 Å². The highest BCUT2D eigenvalue weighted by Gasteiger charge is 2.22. The molecule has 0 aliphatic rings. The quantitative estimate of drug-likeness (QED) is 0.362. The average Bonchev–Trinajstić information content (AvgIpc) is 2.33. The van der Waals surface area contributed by atoms with E-state index in [9.17, 15) is 0 Å². The van der Waals surface area contributed by atoms with Crippen LogP contribution in [0.4, 0.5) is 0 Å². The lowest BCUT2D eigenvalue weighted by Crippen LogP contribution is -3.61. The highest BCUT2D eigenvalue weighted by atomic mass is 127. The lowest BCUT2D eigenvalue weighted by Gasteiger charge is -1.95. The third-order valence-electron chi connectivity index (χ3n) is 1.97. The summed E-state index contributed by atoms with van der Waals surface area (Å²) >= 11 is 23.6. The van der Waals surface area contributed by atoms with E-state index in [0.717, 1.165) is 7.14 Å². The van der Waals surface area contributed by atoms with Crippen LogP contribution in [0, 0.1) is 7.14 Å². The van der Waals surface area contributed by atoms with E-state index < -0.39 is 31.6 Å². The Hall–Kier alpha value is 0.200. The van der Waals surface area contributed by atoms with Crippen molar-refractivity contribution < 1.29 is 38.7 Å². The van der Waals surface area contributed by atoms with Crippen molar-refractivity contribution in [3.63, 3.8) is 0 Å². The number of hydrogen-bond donors (Lipinski definition) is 2. The van der Waals surface area contributed by atoms with Gasteiger partial charge in [-0.05, 0) is 36.4 Å². The van der Waals surface area contributed by atoms with E-state index in [-0.39, 0.29) is 0 Å². The maximum Gasteiger partial charge on any atom is 0.394 e. The maximum absolute atomic E-state index is 8.74. The molecule has 120 valence electrons. The minimum absolute atomic E-state index is 0.421. The molecule has 0 fully saturated rings. The minimum Gasteiger partial charge on any atom is -0.264 e. The topological polar surface area (TPSA) is 74.6 Å². The number of benzene rings is 2. The standard InChI is InChI=1S/C12H6Cl4I.H2O4S/c13-7-1-3-11(9(15)5-7)17-12-4-2-8(14)6-10(12)16;1-5(2,3)4/h1-6H;(H2,1,2,3,4)/q+1;. The summed E-state index contributed by atoms with van der Waals surface area (Å²) in [5, 5.41) is 2.67. The first-order chi connectivity index (χ1) is 10.1. The molecule has 0 aromatic heterocycles. The Morgan fingerprint density at radius 1 is 0.773 bits per heavy atom. The molecular weight excluding hydrogens is 509 g/mol. The fourth-order valence-electron chi connectivity index (χ4n) is 1.20. The number of halogens is 5. The van der Waals surface area contributed by atoms with E-state index in [1.54, 1.807) is 12.1 Å². The van der Waals surface area contributed by atoms with Crippen LogP contribution < -0.4 is 21.2 Å². The van der Waals surface area contributed by atoms with Crippen LogP contribution in [-0.2, 0) is 10.4 Å². The fraction of sp³-hybridized carbons (Fsp3) is 0. The van der Waals surface area contributed by atoms with E-state index in [2.05, 4.69) is 0 Å². The molecular formula is C12H8Cl4IO4S+. The van der Waals surface area contributed by atoms with Crippen LogP contribution in [0.5, 0.6) is 0 Å². The molecule has 2 N–H and O–H groups in total. The van der Waals surface area contributed by atoms with Crippen molar-refractivity contribution in [2.75, 3.05) is 0 Å². The van der Waals surface area contributed by atoms with Gasteiger partial charge in [0.05, 0.1) is 10.0 Å². The van der Waals surface area contributed by atoms with Gasteiger partial charge in [-0.25, -0.2) is 0 Å². The predicted octanol–water partition coefficient (Wildman–Crippen LogP) is 1.78. The zero-order valence-corrected chi connectivity index (χ0v) is 16.5. The maximum atomic E-state index is 8.74. The first-order valence-corrected chi connectivity index (χ1v) is 10.4. The van der Waals surface area contributed by atoms with Crippen LogP contribution in [0.15, 0.2) is 36.4 Å². The van der Waals surface area contributed by atoms with Crippen LogP contribution in [0.1, 0.15) is 0 Å². The molecule has 0 spiro atoms. The molecule has 2 aromatic carbocycles. The summed E-state index contributed by atoms with van der Waals surface area (Å²) in [4.78, 5) is 0. The van der Waals surface area contributed by atoms with Crippen LogP contribution in [0.25, 0.3) is 0 Å². The summed E-state index contributed by atoms with van der Waals surface area (Å²) in [6.07, 6.45) is 0. The molecule has 0 atom stereocenters. The third-order valence-corrected chi connectivity index (χ3v) is 6.74. The van der Waals surface area contributed by atoms with Crippen molar-refractivity contribution >= 4 is 56.8 Å². The SMILES string of the molecule is Clc1ccc([I+]c2ccc(Cl)cc2Cl)c(Cl)c1.O=S(=O)(O)O. The van der Waals surface area contributed by atoms with Crippen LogP contribution in [-0.4, -0.2) is 17.5 Å². The predicted molar refractivity (Wildman–Crippen MR) is 84.5 cm³/mol. The summed E-state index contributed by atoms with van der Waals surface area (Å²) in [6, 6.07) is 11.1. The van der Waals surface area contributed by atoms with Gasteiger partial charge in [-0.1, -0.05) is 46.4 Å². The summed E-state index contributed by atoms with van der Waals surface area (Å²) < 4.78 is 33.8. The summed E-state index contributed by atoms with van der Waals surface area (Å²) in [5.41, 5.74) is 0. The highest BCUT2D eigenvalue weighted by Crippen LogP contribution is 2.17. The molecule has 0 heterocycles. The lowest BCUT2D eigenvalue weighted by molar-refractivity contribution is -0.597. The van der Waals surface area contributed by atoms with Gasteiger partial charge in [-0.3, -0.25) is 9.11 Å². The van der Waals surface area contributed by atoms with E-state index in [1.165, 1.54) is 0 Å². The van der Waals surface area contributed by atoms with Crippen molar-refractivity contribution in [1.82, 2.24) is 0 Å². The first kappa shape index (κ1) is 20.2. The Kier molecular flexibility index (Phi) is 8.18. The van der Waals surface area contributed by atoms with Gasteiger partial charge in [0.25, 0.3) is 0 Å². The average molecular weight is 517 g/mol. The van der Waals surface area contributed by atoms with Gasteiger partial charge in [0, 0.05) is 10.0 Å². The first-order valence-electron chi connectivity index (χ1n) is 5.31. The molecule has 0 amide bonds. The summed E-state index contributed by atoms with van der Waals surface area (Å²) in [5.74, 6) is 0. The Morgan fingerprint density at radius 3 is 1.36 bits per heavy atom. The zero-order valence-electron chi connectivity index (χ0n) is 10.5. The Balaban J connectivity index is 0.000000422. The second kappa shape index (κ2) is 8.89. The van der Waals surface area contributed by atoms with E-state index in [4.69, 9.17) is 63.9 Å². The van der Waals surface area contributed by atoms with Gasteiger partial charge in [0.2, 0.25) is 7.14 Å².